The maximum Gasteiger partial charge on any atom is 0.293 e. The zero-order chi connectivity index (χ0) is 21.8. The van der Waals surface area contributed by atoms with Crippen LogP contribution in [0.25, 0.3) is 6.08 Å². The largest absolute Gasteiger partial charge is 0.493 e. The molecule has 158 valence electrons. The summed E-state index contributed by atoms with van der Waals surface area (Å²) in [5.41, 5.74) is 1.20. The van der Waals surface area contributed by atoms with Crippen LogP contribution in [0, 0.1) is 5.82 Å². The lowest BCUT2D eigenvalue weighted by molar-refractivity contribution is -0.123. The maximum atomic E-state index is 13.2. The molecule has 0 N–H and O–H groups in total. The van der Waals surface area contributed by atoms with E-state index in [1.54, 1.807) is 31.4 Å². The van der Waals surface area contributed by atoms with E-state index >= 15 is 0 Å². The van der Waals surface area contributed by atoms with Gasteiger partial charge in [-0.15, -0.1) is 0 Å². The second kappa shape index (κ2) is 9.53. The first kappa shape index (κ1) is 22.2. The molecule has 3 rings (SSSR count). The lowest BCUT2D eigenvalue weighted by atomic mass is 10.1. The number of methoxy groups -OCH3 is 1. The number of imide groups is 1. The molecule has 5 nitrogen and oxygen atoms in total. The molecule has 30 heavy (non-hydrogen) atoms. The zero-order valence-electron chi connectivity index (χ0n) is 16.8. The number of rotatable bonds is 7. The molecule has 1 aliphatic heterocycles. The average Bonchev–Trinajstić information content (AvgIpc) is 2.98. The highest BCUT2D eigenvalue weighted by Crippen LogP contribution is 2.36. The van der Waals surface area contributed by atoms with Crippen molar-refractivity contribution in [3.8, 4) is 11.5 Å². The van der Waals surface area contributed by atoms with Crippen LogP contribution in [0.1, 0.15) is 31.4 Å². The van der Waals surface area contributed by atoms with E-state index in [4.69, 9.17) is 21.1 Å². The Labute approximate surface area is 183 Å². The number of nitrogens with zero attached hydrogens (tertiary/aromatic N) is 1. The minimum atomic E-state index is -0.479. The summed E-state index contributed by atoms with van der Waals surface area (Å²) in [6, 6.07) is 9.19. The van der Waals surface area contributed by atoms with E-state index in [-0.39, 0.29) is 22.6 Å². The molecule has 1 heterocycles. The van der Waals surface area contributed by atoms with Crippen LogP contribution in [0.3, 0.4) is 0 Å². The predicted octanol–water partition coefficient (Wildman–Crippen LogP) is 5.90. The van der Waals surface area contributed by atoms with E-state index in [1.807, 2.05) is 13.8 Å². The van der Waals surface area contributed by atoms with E-state index in [0.29, 0.717) is 22.6 Å². The molecule has 0 radical (unpaired) electrons. The minimum absolute atomic E-state index is 0.0217. The first-order valence-corrected chi connectivity index (χ1v) is 10.6. The Hall–Kier alpha value is -2.51. The van der Waals surface area contributed by atoms with Crippen molar-refractivity contribution in [1.82, 2.24) is 4.90 Å². The number of hydrogen-bond donors (Lipinski definition) is 0. The summed E-state index contributed by atoms with van der Waals surface area (Å²) in [7, 11) is 1.54. The SMILES string of the molecule is CC[C@H](C)Oc1ccc(/C=C2\SC(=O)N(Cc3ccc(F)cc3Cl)C2=O)cc1OC. The fourth-order valence-electron chi connectivity index (χ4n) is 2.78. The molecule has 1 saturated heterocycles. The van der Waals surface area contributed by atoms with Crippen LogP contribution in [0.5, 0.6) is 11.5 Å². The van der Waals surface area contributed by atoms with E-state index in [9.17, 15) is 14.0 Å². The van der Waals surface area contributed by atoms with Gasteiger partial charge in [-0.2, -0.15) is 0 Å². The lowest BCUT2D eigenvalue weighted by Gasteiger charge is -2.16. The van der Waals surface area contributed by atoms with Crippen LogP contribution >= 0.6 is 23.4 Å². The third-order valence-electron chi connectivity index (χ3n) is 4.61. The van der Waals surface area contributed by atoms with Crippen molar-refractivity contribution in [3.05, 3.63) is 63.3 Å². The molecule has 0 unspecified atom stereocenters. The molecular formula is C22H21ClFNO4S. The standard InChI is InChI=1S/C22H21ClFNO4S/c1-4-13(2)29-18-8-5-14(9-19(18)28-3)10-20-21(26)25(22(27)30-20)12-15-6-7-16(24)11-17(15)23/h5-11,13H,4,12H2,1-3H3/b20-10-/t13-/m0/s1. The number of amides is 2. The molecule has 2 amide bonds. The maximum absolute atomic E-state index is 13.2. The second-order valence-corrected chi connectivity index (χ2v) is 8.15. The quantitative estimate of drug-likeness (QED) is 0.492. The monoisotopic (exact) mass is 449 g/mol. The Bertz CT molecular complexity index is 1010. The van der Waals surface area contributed by atoms with Crippen LogP contribution in [0.2, 0.25) is 5.02 Å². The predicted molar refractivity (Wildman–Crippen MR) is 116 cm³/mol. The molecule has 0 aromatic heterocycles. The van der Waals surface area contributed by atoms with Gasteiger partial charge in [0.2, 0.25) is 0 Å². The molecule has 0 bridgehead atoms. The first-order chi connectivity index (χ1) is 14.3. The van der Waals surface area contributed by atoms with Crippen molar-refractivity contribution >= 4 is 40.6 Å². The van der Waals surface area contributed by atoms with Crippen molar-refractivity contribution in [1.29, 1.82) is 0 Å². The van der Waals surface area contributed by atoms with Gasteiger partial charge in [0.25, 0.3) is 11.1 Å². The highest BCUT2D eigenvalue weighted by Gasteiger charge is 2.35. The summed E-state index contributed by atoms with van der Waals surface area (Å²) in [6.07, 6.45) is 2.53. The average molecular weight is 450 g/mol. The highest BCUT2D eigenvalue weighted by atomic mass is 35.5. The van der Waals surface area contributed by atoms with Crippen molar-refractivity contribution in [2.45, 2.75) is 32.9 Å². The van der Waals surface area contributed by atoms with Gasteiger partial charge >= 0.3 is 0 Å². The number of hydrogen-bond acceptors (Lipinski definition) is 5. The van der Waals surface area contributed by atoms with Crippen LogP contribution < -0.4 is 9.47 Å². The highest BCUT2D eigenvalue weighted by molar-refractivity contribution is 8.18. The molecule has 0 spiro atoms. The Kier molecular flexibility index (Phi) is 7.05. The summed E-state index contributed by atoms with van der Waals surface area (Å²) in [5, 5.41) is -0.241. The summed E-state index contributed by atoms with van der Waals surface area (Å²) in [4.78, 5) is 26.5. The van der Waals surface area contributed by atoms with E-state index in [0.717, 1.165) is 29.1 Å². The lowest BCUT2D eigenvalue weighted by Crippen LogP contribution is -2.27. The first-order valence-electron chi connectivity index (χ1n) is 9.36. The van der Waals surface area contributed by atoms with Gasteiger partial charge in [-0.3, -0.25) is 14.5 Å². The van der Waals surface area contributed by atoms with Gasteiger partial charge in [0.1, 0.15) is 5.82 Å². The topological polar surface area (TPSA) is 55.8 Å². The van der Waals surface area contributed by atoms with Crippen molar-refractivity contribution in [2.24, 2.45) is 0 Å². The van der Waals surface area contributed by atoms with Crippen LogP contribution in [0.15, 0.2) is 41.3 Å². The van der Waals surface area contributed by atoms with Gasteiger partial charge in [-0.05, 0) is 66.6 Å². The molecule has 8 heteroatoms. The van der Waals surface area contributed by atoms with Crippen LogP contribution in [-0.4, -0.2) is 29.3 Å². The summed E-state index contributed by atoms with van der Waals surface area (Å²) in [5.74, 6) is 0.251. The second-order valence-electron chi connectivity index (χ2n) is 6.75. The van der Waals surface area contributed by atoms with Gasteiger partial charge in [-0.1, -0.05) is 30.7 Å². The molecule has 0 saturated carbocycles. The Morgan fingerprint density at radius 1 is 1.20 bits per heavy atom. The van der Waals surface area contributed by atoms with Crippen molar-refractivity contribution in [2.75, 3.05) is 7.11 Å². The molecule has 1 aliphatic rings. The van der Waals surface area contributed by atoms with Gasteiger partial charge in [0.05, 0.1) is 24.7 Å². The Balaban J connectivity index is 1.81. The number of thioether (sulfide) groups is 1. The van der Waals surface area contributed by atoms with Gasteiger partial charge < -0.3 is 9.47 Å². The van der Waals surface area contributed by atoms with Crippen molar-refractivity contribution < 1.29 is 23.5 Å². The van der Waals surface area contributed by atoms with Crippen molar-refractivity contribution in [3.63, 3.8) is 0 Å². The number of carbonyl (C=O) groups excluding carboxylic acids is 2. The Morgan fingerprint density at radius 3 is 2.63 bits per heavy atom. The van der Waals surface area contributed by atoms with Crippen LogP contribution in [-0.2, 0) is 11.3 Å². The third kappa shape index (κ3) is 4.96. The molecule has 2 aromatic rings. The van der Waals surface area contributed by atoms with E-state index < -0.39 is 17.0 Å². The van der Waals surface area contributed by atoms with Gasteiger partial charge in [-0.25, -0.2) is 4.39 Å². The van der Waals surface area contributed by atoms with Crippen LogP contribution in [0.4, 0.5) is 9.18 Å². The summed E-state index contributed by atoms with van der Waals surface area (Å²) in [6.45, 7) is 3.98. The summed E-state index contributed by atoms with van der Waals surface area (Å²) >= 11 is 6.87. The molecule has 2 aromatic carbocycles. The van der Waals surface area contributed by atoms with E-state index in [1.165, 1.54) is 12.1 Å². The summed E-state index contributed by atoms with van der Waals surface area (Å²) < 4.78 is 24.5. The fourth-order valence-corrected chi connectivity index (χ4v) is 3.84. The molecule has 1 atom stereocenters. The molecular weight excluding hydrogens is 429 g/mol. The van der Waals surface area contributed by atoms with Gasteiger partial charge in [0, 0.05) is 5.02 Å². The number of benzene rings is 2. The fraction of sp³-hybridized carbons (Fsp3) is 0.273. The zero-order valence-corrected chi connectivity index (χ0v) is 18.3. The molecule has 0 aliphatic carbocycles. The number of halogens is 2. The third-order valence-corrected chi connectivity index (χ3v) is 5.86. The Morgan fingerprint density at radius 2 is 1.97 bits per heavy atom. The normalized spacial score (nSPS) is 16.3. The van der Waals surface area contributed by atoms with E-state index in [2.05, 4.69) is 0 Å². The number of ether oxygens (including phenoxy) is 2. The molecule has 1 fully saturated rings. The smallest absolute Gasteiger partial charge is 0.293 e. The van der Waals surface area contributed by atoms with Gasteiger partial charge in [0.15, 0.2) is 11.5 Å². The number of carbonyl (C=O) groups is 2. The minimum Gasteiger partial charge on any atom is -0.493 e.